The molecule has 18 nitrogen and oxygen atoms in total. The summed E-state index contributed by atoms with van der Waals surface area (Å²) >= 11 is 0. The maximum absolute atomic E-state index is 11.5. The number of ether oxygens (including phenoxy) is 8. The van der Waals surface area contributed by atoms with Crippen molar-refractivity contribution in [3.63, 3.8) is 0 Å². The van der Waals surface area contributed by atoms with Crippen molar-refractivity contribution in [2.45, 2.75) is 69.9 Å². The van der Waals surface area contributed by atoms with E-state index in [4.69, 9.17) is 37.9 Å². The van der Waals surface area contributed by atoms with Crippen LogP contribution >= 0.6 is 0 Å². The summed E-state index contributed by atoms with van der Waals surface area (Å²) in [5.74, 6) is -1.92. The Hall–Kier alpha value is -2.20. The Labute approximate surface area is 267 Å². The topological polar surface area (TPSA) is 253 Å². The van der Waals surface area contributed by atoms with E-state index in [0.717, 1.165) is 0 Å². The van der Waals surface area contributed by atoms with Gasteiger partial charge in [0.15, 0.2) is 24.1 Å². The van der Waals surface area contributed by atoms with Crippen LogP contribution in [0, 0.1) is 5.92 Å². The van der Waals surface area contributed by atoms with E-state index in [0.29, 0.717) is 33.0 Å². The first-order valence-corrected chi connectivity index (χ1v) is 15.1. The van der Waals surface area contributed by atoms with Crippen LogP contribution in [0.3, 0.4) is 0 Å². The van der Waals surface area contributed by atoms with Gasteiger partial charge in [-0.25, -0.2) is 0 Å². The number of aliphatic hydroxyl groups is 6. The molecule has 0 aromatic heterocycles. The van der Waals surface area contributed by atoms with E-state index < -0.39 is 85.6 Å². The molecule has 46 heavy (non-hydrogen) atoms. The lowest BCUT2D eigenvalue weighted by atomic mass is 9.97. The normalized spacial score (nSPS) is 29.0. The molecule has 6 unspecified atom stereocenters. The Kier molecular flexibility index (Phi) is 18.8. The Bertz CT molecular complexity index is 926. The van der Waals surface area contributed by atoms with Crippen molar-refractivity contribution >= 4 is 11.8 Å². The molecule has 2 heterocycles. The first-order chi connectivity index (χ1) is 22.0. The first kappa shape index (κ1) is 40.0. The molecule has 0 bridgehead atoms. The maximum Gasteiger partial charge on any atom is 0.217 e. The van der Waals surface area contributed by atoms with Gasteiger partial charge in [0, 0.05) is 19.8 Å². The van der Waals surface area contributed by atoms with Gasteiger partial charge in [0.05, 0.1) is 79.3 Å². The molecule has 2 aliphatic heterocycles. The molecule has 0 spiro atoms. The number of hydrogen-bond donors (Lipinski definition) is 8. The molecule has 0 aromatic carbocycles. The highest BCUT2D eigenvalue weighted by Crippen LogP contribution is 2.24. The average molecular weight is 671 g/mol. The zero-order chi connectivity index (χ0) is 34.1. The third-order valence-electron chi connectivity index (χ3n) is 6.78. The molecule has 8 N–H and O–H groups in total. The Morgan fingerprint density at radius 1 is 0.717 bits per heavy atom. The van der Waals surface area contributed by atoms with Gasteiger partial charge in [0.1, 0.15) is 36.5 Å². The summed E-state index contributed by atoms with van der Waals surface area (Å²) in [7, 11) is 0. The number of rotatable bonds is 22. The highest BCUT2D eigenvalue weighted by molar-refractivity contribution is 5.74. The van der Waals surface area contributed by atoms with Crippen LogP contribution < -0.4 is 10.6 Å². The lowest BCUT2D eigenvalue weighted by Gasteiger charge is -2.42. The van der Waals surface area contributed by atoms with Gasteiger partial charge in [-0.2, -0.15) is 0 Å². The van der Waals surface area contributed by atoms with Gasteiger partial charge in [0.25, 0.3) is 0 Å². The van der Waals surface area contributed by atoms with Gasteiger partial charge in [-0.15, -0.1) is 0 Å². The van der Waals surface area contributed by atoms with Crippen molar-refractivity contribution in [3.8, 4) is 0 Å². The molecule has 2 rings (SSSR count). The second-order valence-corrected chi connectivity index (χ2v) is 10.8. The lowest BCUT2D eigenvalue weighted by molar-refractivity contribution is -0.272. The fraction of sp³-hybridized carbons (Fsp3) is 0.857. The summed E-state index contributed by atoms with van der Waals surface area (Å²) in [6.45, 7) is 5.93. The second kappa shape index (κ2) is 21.6. The van der Waals surface area contributed by atoms with Crippen LogP contribution in [-0.2, 0) is 47.5 Å². The number of hydrogen-bond acceptors (Lipinski definition) is 16. The molecule has 0 saturated carbocycles. The van der Waals surface area contributed by atoms with Crippen LogP contribution in [0.5, 0.6) is 0 Å². The van der Waals surface area contributed by atoms with Gasteiger partial charge in [-0.3, -0.25) is 9.59 Å². The quantitative estimate of drug-likeness (QED) is 0.0542. The molecule has 268 valence electrons. The van der Waals surface area contributed by atoms with E-state index >= 15 is 0 Å². The van der Waals surface area contributed by atoms with E-state index in [2.05, 4.69) is 10.6 Å². The maximum atomic E-state index is 11.5. The molecule has 9 atom stereocenters. The lowest BCUT2D eigenvalue weighted by Crippen LogP contribution is -2.64. The molecule has 2 aliphatic rings. The monoisotopic (exact) mass is 670 g/mol. The first-order valence-electron chi connectivity index (χ1n) is 15.1. The molecule has 2 amide bonds. The summed E-state index contributed by atoms with van der Waals surface area (Å²) in [5, 5.41) is 64.0. The Balaban J connectivity index is 1.49. The highest BCUT2D eigenvalue weighted by Gasteiger charge is 2.45. The summed E-state index contributed by atoms with van der Waals surface area (Å²) in [6.07, 6.45) is -7.21. The SMILES string of the molecule is CC(=O)NC1C(O)=C(O)C(CO)O[C@H]1OCCOCCOCC(C)COCCOCCO[C@@H]1OC(CO)[C@H](O)C(O)C1NC(C)=O. The van der Waals surface area contributed by atoms with E-state index in [1.165, 1.54) is 13.8 Å². The molecule has 0 radical (unpaired) electrons. The van der Waals surface area contributed by atoms with Gasteiger partial charge < -0.3 is 79.2 Å². The van der Waals surface area contributed by atoms with Crippen molar-refractivity contribution < 1.29 is 78.1 Å². The summed E-state index contributed by atoms with van der Waals surface area (Å²) in [5.41, 5.74) is 0. The van der Waals surface area contributed by atoms with Crippen molar-refractivity contribution in [2.24, 2.45) is 5.92 Å². The van der Waals surface area contributed by atoms with Gasteiger partial charge in [-0.1, -0.05) is 6.92 Å². The van der Waals surface area contributed by atoms with Crippen molar-refractivity contribution in [1.82, 2.24) is 10.6 Å². The summed E-state index contributed by atoms with van der Waals surface area (Å²) in [6, 6.07) is -2.14. The zero-order valence-corrected chi connectivity index (χ0v) is 26.4. The van der Waals surface area contributed by atoms with Crippen LogP contribution in [-0.4, -0.2) is 171 Å². The van der Waals surface area contributed by atoms with Crippen molar-refractivity contribution in [2.75, 3.05) is 79.3 Å². The number of carbonyl (C=O) groups is 2. The van der Waals surface area contributed by atoms with Crippen molar-refractivity contribution in [1.29, 1.82) is 0 Å². The van der Waals surface area contributed by atoms with Crippen LogP contribution in [0.25, 0.3) is 0 Å². The van der Waals surface area contributed by atoms with E-state index in [1.807, 2.05) is 6.92 Å². The minimum Gasteiger partial charge on any atom is -0.506 e. The van der Waals surface area contributed by atoms with Crippen LogP contribution in [0.1, 0.15) is 20.8 Å². The van der Waals surface area contributed by atoms with Crippen LogP contribution in [0.15, 0.2) is 11.5 Å². The Morgan fingerprint density at radius 3 is 1.76 bits per heavy atom. The molecule has 18 heteroatoms. The van der Waals surface area contributed by atoms with Gasteiger partial charge in [0.2, 0.25) is 11.8 Å². The molecular weight excluding hydrogens is 620 g/mol. The summed E-state index contributed by atoms with van der Waals surface area (Å²) in [4.78, 5) is 22.9. The smallest absolute Gasteiger partial charge is 0.217 e. The minimum atomic E-state index is -1.38. The predicted octanol–water partition coefficient (Wildman–Crippen LogP) is -2.78. The molecule has 0 aliphatic carbocycles. The van der Waals surface area contributed by atoms with Gasteiger partial charge >= 0.3 is 0 Å². The molecular formula is C28H50N2O16. The highest BCUT2D eigenvalue weighted by atomic mass is 16.7. The van der Waals surface area contributed by atoms with E-state index in [9.17, 15) is 40.2 Å². The standard InChI is InChI=1S/C28H50N2O16/c1-16(14-41-6-4-39-8-10-43-27-21(29-17(2)33)25(37)23(35)19(12-31)45-27)15-42-7-5-40-9-11-44-28-22(30-18(3)34)26(38)24(36)20(13-32)46-28/h16,19-23,25,27-28,31-32,35-38H,4-15H2,1-3H3,(H,29,33)(H,30,34)/t16?,19?,20?,21?,22?,23-,25?,27+,28+/m0/s1. The van der Waals surface area contributed by atoms with Crippen LogP contribution in [0.2, 0.25) is 0 Å². The fourth-order valence-corrected chi connectivity index (χ4v) is 4.49. The minimum absolute atomic E-state index is 0.0504. The molecule has 1 fully saturated rings. The summed E-state index contributed by atoms with van der Waals surface area (Å²) < 4.78 is 44.1. The predicted molar refractivity (Wildman–Crippen MR) is 155 cm³/mol. The third kappa shape index (κ3) is 13.5. The number of carbonyl (C=O) groups excluding carboxylic acids is 2. The van der Waals surface area contributed by atoms with E-state index in [1.54, 1.807) is 0 Å². The van der Waals surface area contributed by atoms with Crippen molar-refractivity contribution in [3.05, 3.63) is 11.5 Å². The zero-order valence-electron chi connectivity index (χ0n) is 26.4. The van der Waals surface area contributed by atoms with E-state index in [-0.39, 0.29) is 39.0 Å². The van der Waals surface area contributed by atoms with Crippen LogP contribution in [0.4, 0.5) is 0 Å². The number of aliphatic hydroxyl groups excluding tert-OH is 6. The molecule has 0 aromatic rings. The number of amides is 2. The fourth-order valence-electron chi connectivity index (χ4n) is 4.49. The molecule has 1 saturated heterocycles. The number of nitrogens with one attached hydrogen (secondary N) is 2. The second-order valence-electron chi connectivity index (χ2n) is 10.8. The largest absolute Gasteiger partial charge is 0.506 e. The Morgan fingerprint density at radius 2 is 1.24 bits per heavy atom. The third-order valence-corrected chi connectivity index (χ3v) is 6.78. The van der Waals surface area contributed by atoms with Gasteiger partial charge in [-0.05, 0) is 0 Å². The average Bonchev–Trinajstić information content (AvgIpc) is 3.01.